The van der Waals surface area contributed by atoms with Gasteiger partial charge in [0.25, 0.3) is 5.56 Å². The minimum Gasteiger partial charge on any atom is -0.475 e. The Morgan fingerprint density at radius 2 is 2.15 bits per heavy atom. The quantitative estimate of drug-likeness (QED) is 0.916. The fourth-order valence-corrected chi connectivity index (χ4v) is 1.99. The maximum Gasteiger partial charge on any atom is 0.371 e. The van der Waals surface area contributed by atoms with Crippen LogP contribution in [0, 0.1) is 25.2 Å². The summed E-state index contributed by atoms with van der Waals surface area (Å²) in [4.78, 5) is 22.9. The molecule has 0 aliphatic heterocycles. The van der Waals surface area contributed by atoms with E-state index in [0.29, 0.717) is 17.0 Å². The van der Waals surface area contributed by atoms with Crippen LogP contribution in [0.5, 0.6) is 0 Å². The van der Waals surface area contributed by atoms with Gasteiger partial charge in [0.2, 0.25) is 5.76 Å². The molecular formula is C14H12N2O4. The number of rotatable bonds is 3. The van der Waals surface area contributed by atoms with E-state index in [1.165, 1.54) is 16.7 Å². The average molecular weight is 272 g/mol. The number of hydrogen-bond acceptors (Lipinski definition) is 4. The van der Waals surface area contributed by atoms with Crippen LogP contribution in [-0.4, -0.2) is 15.6 Å². The molecule has 2 rings (SSSR count). The van der Waals surface area contributed by atoms with Gasteiger partial charge in [-0.1, -0.05) is 0 Å². The molecule has 2 aromatic heterocycles. The lowest BCUT2D eigenvalue weighted by molar-refractivity contribution is 0.0660. The van der Waals surface area contributed by atoms with Gasteiger partial charge in [-0.2, -0.15) is 5.26 Å². The normalized spacial score (nSPS) is 10.2. The molecule has 20 heavy (non-hydrogen) atoms. The van der Waals surface area contributed by atoms with Gasteiger partial charge < -0.3 is 14.1 Å². The summed E-state index contributed by atoms with van der Waals surface area (Å²) in [6, 6.07) is 6.45. The first-order valence-electron chi connectivity index (χ1n) is 5.87. The minimum atomic E-state index is -1.16. The van der Waals surface area contributed by atoms with Crippen molar-refractivity contribution in [1.29, 1.82) is 5.26 Å². The van der Waals surface area contributed by atoms with E-state index in [0.717, 1.165) is 0 Å². The fraction of sp³-hybridized carbons (Fsp3) is 0.214. The number of carboxylic acid groups (broad SMARTS) is 1. The summed E-state index contributed by atoms with van der Waals surface area (Å²) in [5, 5.41) is 17.8. The van der Waals surface area contributed by atoms with Crippen LogP contribution in [0.25, 0.3) is 0 Å². The number of carbonyl (C=O) groups is 1. The second-order valence-electron chi connectivity index (χ2n) is 4.42. The minimum absolute atomic E-state index is 0.0839. The summed E-state index contributed by atoms with van der Waals surface area (Å²) in [5.74, 6) is -0.999. The van der Waals surface area contributed by atoms with Crippen molar-refractivity contribution in [3.05, 3.63) is 56.9 Å². The molecule has 0 unspecified atom stereocenters. The van der Waals surface area contributed by atoms with Gasteiger partial charge in [0.1, 0.15) is 17.4 Å². The molecule has 0 saturated heterocycles. The molecule has 0 atom stereocenters. The van der Waals surface area contributed by atoms with Crippen LogP contribution in [0.2, 0.25) is 0 Å². The number of aryl methyl sites for hydroxylation is 2. The third-order valence-corrected chi connectivity index (χ3v) is 3.00. The van der Waals surface area contributed by atoms with Crippen molar-refractivity contribution in [3.8, 4) is 6.07 Å². The van der Waals surface area contributed by atoms with Crippen LogP contribution in [0.1, 0.15) is 33.1 Å². The second-order valence-corrected chi connectivity index (χ2v) is 4.42. The molecule has 0 fully saturated rings. The van der Waals surface area contributed by atoms with Gasteiger partial charge in [-0.05, 0) is 37.6 Å². The van der Waals surface area contributed by atoms with Gasteiger partial charge in [-0.25, -0.2) is 4.79 Å². The fourth-order valence-electron chi connectivity index (χ4n) is 1.99. The van der Waals surface area contributed by atoms with Crippen molar-refractivity contribution in [2.45, 2.75) is 20.4 Å². The Bertz CT molecular complexity index is 777. The first kappa shape index (κ1) is 13.6. The van der Waals surface area contributed by atoms with Gasteiger partial charge in [-0.3, -0.25) is 4.79 Å². The van der Waals surface area contributed by atoms with Gasteiger partial charge in [0.05, 0.1) is 6.54 Å². The number of aromatic nitrogens is 1. The molecule has 0 amide bonds. The lowest BCUT2D eigenvalue weighted by Gasteiger charge is -2.10. The predicted molar refractivity (Wildman–Crippen MR) is 69.7 cm³/mol. The molecule has 6 nitrogen and oxygen atoms in total. The molecule has 0 saturated carbocycles. The van der Waals surface area contributed by atoms with Crippen LogP contribution >= 0.6 is 0 Å². The van der Waals surface area contributed by atoms with E-state index in [1.807, 2.05) is 6.07 Å². The van der Waals surface area contributed by atoms with E-state index in [2.05, 4.69) is 0 Å². The van der Waals surface area contributed by atoms with Crippen LogP contribution in [0.15, 0.2) is 27.4 Å². The summed E-state index contributed by atoms with van der Waals surface area (Å²) in [6.45, 7) is 3.54. The number of furan rings is 1. The standard InChI is InChI=1S/C14H12N2O4/c1-8-5-9(2)16(13(17)11(8)6-15)7-10-3-4-12(20-10)14(18)19/h3-5H,7H2,1-2H3,(H,18,19). The van der Waals surface area contributed by atoms with Crippen molar-refractivity contribution >= 4 is 5.97 Å². The SMILES string of the molecule is Cc1cc(C)n(Cc2ccc(C(=O)O)o2)c(=O)c1C#N. The highest BCUT2D eigenvalue weighted by atomic mass is 16.4. The molecule has 0 spiro atoms. The molecule has 2 aromatic rings. The third-order valence-electron chi connectivity index (χ3n) is 3.00. The second kappa shape index (κ2) is 5.05. The largest absolute Gasteiger partial charge is 0.475 e. The zero-order valence-electron chi connectivity index (χ0n) is 11.0. The molecule has 0 aliphatic rings. The highest BCUT2D eigenvalue weighted by Gasteiger charge is 2.13. The number of nitrogens with zero attached hydrogens (tertiary/aromatic N) is 2. The van der Waals surface area contributed by atoms with E-state index >= 15 is 0 Å². The highest BCUT2D eigenvalue weighted by molar-refractivity contribution is 5.84. The monoisotopic (exact) mass is 272 g/mol. The summed E-state index contributed by atoms with van der Waals surface area (Å²) < 4.78 is 6.51. The van der Waals surface area contributed by atoms with E-state index in [9.17, 15) is 9.59 Å². The Balaban J connectivity index is 2.46. The van der Waals surface area contributed by atoms with Crippen LogP contribution in [0.4, 0.5) is 0 Å². The van der Waals surface area contributed by atoms with Crippen LogP contribution < -0.4 is 5.56 Å². The van der Waals surface area contributed by atoms with Crippen molar-refractivity contribution in [1.82, 2.24) is 4.57 Å². The molecule has 0 bridgehead atoms. The van der Waals surface area contributed by atoms with Gasteiger partial charge >= 0.3 is 5.97 Å². The number of hydrogen-bond donors (Lipinski definition) is 1. The lowest BCUT2D eigenvalue weighted by Crippen LogP contribution is -2.26. The topological polar surface area (TPSA) is 96.2 Å². The van der Waals surface area contributed by atoms with Gasteiger partial charge in [0, 0.05) is 5.69 Å². The van der Waals surface area contributed by atoms with E-state index in [1.54, 1.807) is 19.9 Å². The predicted octanol–water partition coefficient (Wildman–Crippen LogP) is 1.68. The smallest absolute Gasteiger partial charge is 0.371 e. The number of pyridine rings is 1. The Labute approximate surface area is 114 Å². The summed E-state index contributed by atoms with van der Waals surface area (Å²) in [5.41, 5.74) is 0.982. The third kappa shape index (κ3) is 2.34. The Morgan fingerprint density at radius 1 is 1.45 bits per heavy atom. The molecule has 2 heterocycles. The van der Waals surface area contributed by atoms with Crippen molar-refractivity contribution in [2.24, 2.45) is 0 Å². The van der Waals surface area contributed by atoms with E-state index in [4.69, 9.17) is 14.8 Å². The molecule has 102 valence electrons. The highest BCUT2D eigenvalue weighted by Crippen LogP contribution is 2.11. The van der Waals surface area contributed by atoms with Crippen LogP contribution in [0.3, 0.4) is 0 Å². The van der Waals surface area contributed by atoms with Crippen LogP contribution in [-0.2, 0) is 6.54 Å². The summed E-state index contributed by atoms with van der Waals surface area (Å²) >= 11 is 0. The maximum absolute atomic E-state index is 12.2. The Kier molecular flexibility index (Phi) is 3.44. The van der Waals surface area contributed by atoms with Crippen molar-refractivity contribution < 1.29 is 14.3 Å². The van der Waals surface area contributed by atoms with Crippen molar-refractivity contribution in [2.75, 3.05) is 0 Å². The Hall–Kier alpha value is -2.81. The number of carboxylic acids is 1. The lowest BCUT2D eigenvalue weighted by atomic mass is 10.1. The molecule has 0 aromatic carbocycles. The first-order valence-corrected chi connectivity index (χ1v) is 5.87. The molecule has 1 N–H and O–H groups in total. The summed E-state index contributed by atoms with van der Waals surface area (Å²) in [7, 11) is 0. The molecule has 6 heteroatoms. The molecule has 0 radical (unpaired) electrons. The molecular weight excluding hydrogens is 260 g/mol. The van der Waals surface area contributed by atoms with Gasteiger partial charge in [-0.15, -0.1) is 0 Å². The van der Waals surface area contributed by atoms with E-state index in [-0.39, 0.29) is 17.9 Å². The van der Waals surface area contributed by atoms with Crippen molar-refractivity contribution in [3.63, 3.8) is 0 Å². The zero-order valence-corrected chi connectivity index (χ0v) is 11.0. The Morgan fingerprint density at radius 3 is 2.70 bits per heavy atom. The van der Waals surface area contributed by atoms with E-state index < -0.39 is 11.5 Å². The molecule has 0 aliphatic carbocycles. The number of aromatic carboxylic acids is 1. The maximum atomic E-state index is 12.2. The first-order chi connectivity index (χ1) is 9.43. The summed E-state index contributed by atoms with van der Waals surface area (Å²) in [6.07, 6.45) is 0. The zero-order chi connectivity index (χ0) is 14.9. The number of nitriles is 1. The average Bonchev–Trinajstić information content (AvgIpc) is 2.83. The van der Waals surface area contributed by atoms with Gasteiger partial charge in [0.15, 0.2) is 0 Å².